The van der Waals surface area contributed by atoms with Crippen molar-refractivity contribution in [2.24, 2.45) is 5.73 Å². The lowest BCUT2D eigenvalue weighted by Crippen LogP contribution is -2.46. The van der Waals surface area contributed by atoms with Gasteiger partial charge in [0.1, 0.15) is 0 Å². The maximum absolute atomic E-state index is 12.7. The summed E-state index contributed by atoms with van der Waals surface area (Å²) >= 11 is 0. The summed E-state index contributed by atoms with van der Waals surface area (Å²) < 4.78 is 22.1. The molecule has 1 amide bonds. The number of amides is 1. The Labute approximate surface area is 291 Å². The molecule has 3 atom stereocenters. The molecule has 282 valence electrons. The Hall–Kier alpha value is -0.500. The van der Waals surface area contributed by atoms with Gasteiger partial charge in [0.15, 0.2) is 0 Å². The van der Waals surface area contributed by atoms with E-state index in [9.17, 15) is 19.4 Å². The highest BCUT2D eigenvalue weighted by Crippen LogP contribution is 2.43. The average molecular weight is 691 g/mol. The van der Waals surface area contributed by atoms with Gasteiger partial charge in [0, 0.05) is 13.0 Å². The summed E-state index contributed by atoms with van der Waals surface area (Å²) in [5.74, 6) is -0.159. The minimum absolute atomic E-state index is 0.0923. The standard InChI is InChI=1S/C38H79N2O6P/c1-3-5-7-9-11-13-15-17-18-20-22-24-26-28-30-32-38(42)40-36(35-46-47(43,44)45-34-33-39)37(41)31-29-27-25-23-21-19-16-14-12-10-8-6-4-2/h36-37,41H,3-35,39H2,1-2H3,(H,40,42)(H,43,44)/t36-,37+/m0/s1. The number of nitrogens with one attached hydrogen (secondary N) is 1. The highest BCUT2D eigenvalue weighted by molar-refractivity contribution is 7.47. The first-order valence-corrected chi connectivity index (χ1v) is 21.6. The van der Waals surface area contributed by atoms with E-state index in [-0.39, 0.29) is 25.7 Å². The van der Waals surface area contributed by atoms with Gasteiger partial charge in [-0.2, -0.15) is 0 Å². The van der Waals surface area contributed by atoms with Gasteiger partial charge in [-0.3, -0.25) is 13.8 Å². The van der Waals surface area contributed by atoms with Gasteiger partial charge >= 0.3 is 7.82 Å². The van der Waals surface area contributed by atoms with Gasteiger partial charge in [-0.1, -0.05) is 187 Å². The van der Waals surface area contributed by atoms with Crippen molar-refractivity contribution in [1.29, 1.82) is 0 Å². The molecule has 9 heteroatoms. The topological polar surface area (TPSA) is 131 Å². The van der Waals surface area contributed by atoms with Crippen molar-refractivity contribution in [3.63, 3.8) is 0 Å². The summed E-state index contributed by atoms with van der Waals surface area (Å²) in [7, 11) is -4.30. The molecule has 0 aromatic rings. The summed E-state index contributed by atoms with van der Waals surface area (Å²) in [6.45, 7) is 4.22. The first kappa shape index (κ1) is 46.5. The predicted molar refractivity (Wildman–Crippen MR) is 199 cm³/mol. The second kappa shape index (κ2) is 35.3. The van der Waals surface area contributed by atoms with E-state index in [0.29, 0.717) is 12.8 Å². The molecule has 0 radical (unpaired) electrons. The Morgan fingerprint density at radius 3 is 1.36 bits per heavy atom. The Morgan fingerprint density at radius 1 is 0.617 bits per heavy atom. The highest BCUT2D eigenvalue weighted by Gasteiger charge is 2.27. The molecule has 5 N–H and O–H groups in total. The molecule has 0 aliphatic rings. The van der Waals surface area contributed by atoms with Crippen LogP contribution in [0.25, 0.3) is 0 Å². The molecule has 47 heavy (non-hydrogen) atoms. The molecule has 0 aromatic carbocycles. The lowest BCUT2D eigenvalue weighted by atomic mass is 10.0. The van der Waals surface area contributed by atoms with Gasteiger partial charge in [0.05, 0.1) is 25.4 Å². The maximum atomic E-state index is 12.7. The third kappa shape index (κ3) is 33.8. The van der Waals surface area contributed by atoms with E-state index in [1.54, 1.807) is 0 Å². The Bertz CT molecular complexity index is 714. The van der Waals surface area contributed by atoms with Crippen LogP contribution < -0.4 is 11.1 Å². The van der Waals surface area contributed by atoms with Crippen molar-refractivity contribution in [3.8, 4) is 0 Å². The first-order chi connectivity index (χ1) is 22.9. The average Bonchev–Trinajstić information content (AvgIpc) is 3.05. The quantitative estimate of drug-likeness (QED) is 0.0374. The summed E-state index contributed by atoms with van der Waals surface area (Å²) in [6, 6.07) is -0.766. The van der Waals surface area contributed by atoms with Crippen molar-refractivity contribution in [1.82, 2.24) is 5.32 Å². The summed E-state index contributed by atoms with van der Waals surface area (Å²) in [6.07, 6.45) is 35.3. The van der Waals surface area contributed by atoms with Crippen molar-refractivity contribution in [3.05, 3.63) is 0 Å². The number of aliphatic hydroxyl groups excluding tert-OH is 1. The van der Waals surface area contributed by atoms with Crippen molar-refractivity contribution >= 4 is 13.7 Å². The SMILES string of the molecule is CCCCCCCCCCCCCCCCCC(=O)N[C@@H](COP(=O)(O)OCCN)[C@H](O)CCCCCCCCCCCCCCC. The fraction of sp³-hybridized carbons (Fsp3) is 0.974. The largest absolute Gasteiger partial charge is 0.472 e. The number of rotatable bonds is 38. The fourth-order valence-corrected chi connectivity index (χ4v) is 6.90. The Balaban J connectivity index is 4.18. The van der Waals surface area contributed by atoms with E-state index in [1.165, 1.54) is 141 Å². The molecule has 1 unspecified atom stereocenters. The molecule has 0 aliphatic carbocycles. The Kier molecular flexibility index (Phi) is 35.0. The van der Waals surface area contributed by atoms with Gasteiger partial charge < -0.3 is 21.1 Å². The smallest absolute Gasteiger partial charge is 0.391 e. The van der Waals surface area contributed by atoms with Crippen LogP contribution in [-0.2, 0) is 18.4 Å². The zero-order chi connectivity index (χ0) is 34.7. The molecule has 0 aliphatic heterocycles. The highest BCUT2D eigenvalue weighted by atomic mass is 31.2. The number of nitrogens with two attached hydrogens (primary N) is 1. The zero-order valence-corrected chi connectivity index (χ0v) is 31.9. The monoisotopic (exact) mass is 691 g/mol. The van der Waals surface area contributed by atoms with Gasteiger partial charge in [-0.25, -0.2) is 4.57 Å². The second-order valence-electron chi connectivity index (χ2n) is 13.9. The lowest BCUT2D eigenvalue weighted by Gasteiger charge is -2.25. The molecule has 0 bridgehead atoms. The Morgan fingerprint density at radius 2 is 0.979 bits per heavy atom. The zero-order valence-electron chi connectivity index (χ0n) is 31.0. The predicted octanol–water partition coefficient (Wildman–Crippen LogP) is 10.7. The molecule has 0 spiro atoms. The van der Waals surface area contributed by atoms with Gasteiger partial charge in [0.2, 0.25) is 5.91 Å². The first-order valence-electron chi connectivity index (χ1n) is 20.2. The summed E-state index contributed by atoms with van der Waals surface area (Å²) in [5, 5.41) is 13.8. The fourth-order valence-electron chi connectivity index (χ4n) is 6.14. The number of carbonyl (C=O) groups is 1. The van der Waals surface area contributed by atoms with Gasteiger partial charge in [0.25, 0.3) is 0 Å². The molecule has 0 aromatic heterocycles. The second-order valence-corrected chi connectivity index (χ2v) is 15.3. The van der Waals surface area contributed by atoms with E-state index in [1.807, 2.05) is 0 Å². The molecule has 0 heterocycles. The number of phosphoric acid groups is 1. The van der Waals surface area contributed by atoms with Crippen molar-refractivity contribution in [2.75, 3.05) is 19.8 Å². The van der Waals surface area contributed by atoms with Gasteiger partial charge in [-0.05, 0) is 12.8 Å². The van der Waals surface area contributed by atoms with Crippen LogP contribution in [0.5, 0.6) is 0 Å². The van der Waals surface area contributed by atoms with Crippen LogP contribution in [0.4, 0.5) is 0 Å². The van der Waals surface area contributed by atoms with E-state index in [0.717, 1.165) is 38.5 Å². The van der Waals surface area contributed by atoms with E-state index < -0.39 is 20.0 Å². The van der Waals surface area contributed by atoms with Crippen LogP contribution in [-0.4, -0.2) is 47.8 Å². The molecule has 0 rings (SSSR count). The van der Waals surface area contributed by atoms with Crippen LogP contribution >= 0.6 is 7.82 Å². The molecule has 0 fully saturated rings. The number of aliphatic hydroxyl groups is 1. The van der Waals surface area contributed by atoms with Crippen LogP contribution in [0, 0.1) is 0 Å². The van der Waals surface area contributed by atoms with Crippen molar-refractivity contribution < 1.29 is 28.4 Å². The maximum Gasteiger partial charge on any atom is 0.472 e. The number of hydrogen-bond donors (Lipinski definition) is 4. The third-order valence-corrected chi connectivity index (χ3v) is 10.2. The van der Waals surface area contributed by atoms with E-state index >= 15 is 0 Å². The van der Waals surface area contributed by atoms with Crippen LogP contribution in [0.3, 0.4) is 0 Å². The number of hydrogen-bond acceptors (Lipinski definition) is 6. The van der Waals surface area contributed by atoms with E-state index in [4.69, 9.17) is 14.8 Å². The summed E-state index contributed by atoms with van der Waals surface area (Å²) in [5.41, 5.74) is 5.37. The minimum Gasteiger partial charge on any atom is -0.391 e. The molecule has 8 nitrogen and oxygen atoms in total. The van der Waals surface area contributed by atoms with E-state index in [2.05, 4.69) is 19.2 Å². The minimum atomic E-state index is -4.30. The lowest BCUT2D eigenvalue weighted by molar-refractivity contribution is -0.123. The molecular formula is C38H79N2O6P. The third-order valence-electron chi connectivity index (χ3n) is 9.21. The summed E-state index contributed by atoms with van der Waals surface area (Å²) in [4.78, 5) is 22.6. The number of phosphoric ester groups is 1. The molecule has 0 saturated carbocycles. The molecule has 0 saturated heterocycles. The number of unbranched alkanes of at least 4 members (excludes halogenated alkanes) is 26. The normalized spacial score (nSPS) is 14.2. The van der Waals surface area contributed by atoms with Gasteiger partial charge in [-0.15, -0.1) is 0 Å². The molecular weight excluding hydrogens is 611 g/mol. The van der Waals surface area contributed by atoms with Crippen LogP contribution in [0.2, 0.25) is 0 Å². The van der Waals surface area contributed by atoms with Crippen LogP contribution in [0.1, 0.15) is 206 Å². The van der Waals surface area contributed by atoms with Crippen molar-refractivity contribution in [2.45, 2.75) is 219 Å². The number of carbonyl (C=O) groups excluding carboxylic acids is 1. The van der Waals surface area contributed by atoms with Crippen LogP contribution in [0.15, 0.2) is 0 Å².